The summed E-state index contributed by atoms with van der Waals surface area (Å²) >= 11 is 0. The van der Waals surface area contributed by atoms with Gasteiger partial charge in [0.2, 0.25) is 0 Å². The van der Waals surface area contributed by atoms with E-state index in [1.54, 1.807) is 7.11 Å². The summed E-state index contributed by atoms with van der Waals surface area (Å²) in [5.41, 5.74) is 1.13. The molecule has 1 saturated heterocycles. The Balaban J connectivity index is 0.00000192. The van der Waals surface area contributed by atoms with E-state index in [4.69, 9.17) is 4.74 Å². The van der Waals surface area contributed by atoms with E-state index in [9.17, 15) is 4.39 Å². The predicted molar refractivity (Wildman–Crippen MR) is 95.5 cm³/mol. The van der Waals surface area contributed by atoms with Gasteiger partial charge >= 0.3 is 0 Å². The van der Waals surface area contributed by atoms with E-state index in [2.05, 4.69) is 28.4 Å². The van der Waals surface area contributed by atoms with Gasteiger partial charge in [-0.3, -0.25) is 9.29 Å². The number of benzene rings is 2. The quantitative estimate of drug-likeness (QED) is 0.902. The largest absolute Gasteiger partial charge is 0.496 e. The van der Waals surface area contributed by atoms with Gasteiger partial charge in [0.15, 0.2) is 0 Å². The number of hydrogen-bond acceptors (Lipinski definition) is 3. The van der Waals surface area contributed by atoms with E-state index in [-0.39, 0.29) is 25.1 Å². The van der Waals surface area contributed by atoms with Gasteiger partial charge in [0.25, 0.3) is 0 Å². The minimum absolute atomic E-state index is 0. The molecule has 1 atom stereocenters. The maximum Gasteiger partial charge on any atom is 0.124 e. The molecule has 0 aliphatic carbocycles. The summed E-state index contributed by atoms with van der Waals surface area (Å²) in [6, 6.07) is 12.4. The molecule has 0 spiro atoms. The van der Waals surface area contributed by atoms with Crippen LogP contribution in [0.15, 0.2) is 36.4 Å². The molecule has 0 bridgehead atoms. The van der Waals surface area contributed by atoms with Crippen LogP contribution in [0, 0.1) is 0 Å². The van der Waals surface area contributed by atoms with Gasteiger partial charge in [-0.05, 0) is 23.3 Å². The van der Waals surface area contributed by atoms with Gasteiger partial charge in [-0.2, -0.15) is 0 Å². The van der Waals surface area contributed by atoms with Crippen LogP contribution in [-0.4, -0.2) is 44.9 Å². The predicted octanol–water partition coefficient (Wildman–Crippen LogP) is 3.58. The first-order valence-corrected chi connectivity index (χ1v) is 7.91. The number of piperazine rings is 1. The molecule has 0 unspecified atom stereocenters. The van der Waals surface area contributed by atoms with E-state index in [0.717, 1.165) is 37.5 Å². The molecule has 1 aliphatic rings. The van der Waals surface area contributed by atoms with Crippen molar-refractivity contribution in [3.05, 3.63) is 42.0 Å². The molecule has 0 saturated carbocycles. The number of rotatable bonds is 5. The summed E-state index contributed by atoms with van der Waals surface area (Å²) in [5.74, 6) is 0.857. The van der Waals surface area contributed by atoms with Gasteiger partial charge in [0.1, 0.15) is 5.75 Å². The van der Waals surface area contributed by atoms with E-state index in [1.165, 1.54) is 10.8 Å². The third-order valence-electron chi connectivity index (χ3n) is 4.46. The molecule has 0 radical (unpaired) electrons. The van der Waals surface area contributed by atoms with Gasteiger partial charge in [-0.15, -0.1) is 12.4 Å². The van der Waals surface area contributed by atoms with Gasteiger partial charge in [0.05, 0.1) is 13.8 Å². The number of ether oxygens (including phenoxy) is 1. The molecule has 2 aromatic rings. The van der Waals surface area contributed by atoms with Crippen molar-refractivity contribution in [2.24, 2.45) is 0 Å². The molecule has 126 valence electrons. The van der Waals surface area contributed by atoms with Crippen molar-refractivity contribution < 1.29 is 9.13 Å². The molecule has 1 N–H and O–H groups in total. The second kappa shape index (κ2) is 8.48. The lowest BCUT2D eigenvalue weighted by molar-refractivity contribution is 0.156. The highest BCUT2D eigenvalue weighted by Crippen LogP contribution is 2.37. The van der Waals surface area contributed by atoms with Crippen molar-refractivity contribution in [3.63, 3.8) is 0 Å². The fraction of sp³-hybridized carbons (Fsp3) is 0.444. The monoisotopic (exact) mass is 338 g/mol. The highest BCUT2D eigenvalue weighted by molar-refractivity contribution is 5.88. The first-order valence-electron chi connectivity index (χ1n) is 7.91. The fourth-order valence-corrected chi connectivity index (χ4v) is 3.40. The van der Waals surface area contributed by atoms with Crippen LogP contribution in [0.25, 0.3) is 10.8 Å². The second-order valence-corrected chi connectivity index (χ2v) is 5.68. The van der Waals surface area contributed by atoms with Crippen LogP contribution in [0.3, 0.4) is 0 Å². The standard InChI is InChI=1S/C18H23FN2O.ClH/c1-22-17-7-6-14-4-2-3-5-15(14)18(17)16(8-9-19)21-12-10-20-11-13-21;/h2-7,16,20H,8-13H2,1H3;1H/t16-;/m1./s1. The van der Waals surface area contributed by atoms with Gasteiger partial charge < -0.3 is 10.1 Å². The van der Waals surface area contributed by atoms with Crippen molar-refractivity contribution in [2.45, 2.75) is 12.5 Å². The van der Waals surface area contributed by atoms with Gasteiger partial charge in [-0.25, -0.2) is 0 Å². The van der Waals surface area contributed by atoms with Gasteiger partial charge in [-0.1, -0.05) is 30.3 Å². The van der Waals surface area contributed by atoms with E-state index < -0.39 is 0 Å². The first kappa shape index (κ1) is 18.0. The van der Waals surface area contributed by atoms with Gasteiger partial charge in [0, 0.05) is 37.8 Å². The van der Waals surface area contributed by atoms with Crippen molar-refractivity contribution in [3.8, 4) is 5.75 Å². The lowest BCUT2D eigenvalue weighted by atomic mass is 9.94. The smallest absolute Gasteiger partial charge is 0.124 e. The normalized spacial score (nSPS) is 16.8. The maximum atomic E-state index is 13.2. The average Bonchev–Trinajstić information content (AvgIpc) is 2.59. The molecule has 1 aliphatic heterocycles. The summed E-state index contributed by atoms with van der Waals surface area (Å²) in [4.78, 5) is 2.38. The third-order valence-corrected chi connectivity index (χ3v) is 4.46. The number of methoxy groups -OCH3 is 1. The number of nitrogens with one attached hydrogen (secondary N) is 1. The summed E-state index contributed by atoms with van der Waals surface area (Å²) in [6.45, 7) is 3.47. The highest BCUT2D eigenvalue weighted by Gasteiger charge is 2.26. The molecule has 23 heavy (non-hydrogen) atoms. The lowest BCUT2D eigenvalue weighted by Gasteiger charge is -2.36. The number of hydrogen-bond donors (Lipinski definition) is 1. The van der Waals surface area contributed by atoms with Crippen LogP contribution in [0.4, 0.5) is 4.39 Å². The minimum atomic E-state index is -0.318. The molecule has 1 fully saturated rings. The molecular formula is C18H24ClFN2O. The van der Waals surface area contributed by atoms with Crippen molar-refractivity contribution in [1.29, 1.82) is 0 Å². The van der Waals surface area contributed by atoms with Crippen molar-refractivity contribution in [1.82, 2.24) is 10.2 Å². The maximum absolute atomic E-state index is 13.2. The minimum Gasteiger partial charge on any atom is -0.496 e. The molecule has 2 aromatic carbocycles. The zero-order chi connectivity index (χ0) is 15.4. The Hall–Kier alpha value is -1.36. The Morgan fingerprint density at radius 1 is 1.17 bits per heavy atom. The Labute approximate surface area is 143 Å². The Morgan fingerprint density at radius 3 is 2.61 bits per heavy atom. The van der Waals surface area contributed by atoms with E-state index in [1.807, 2.05) is 18.2 Å². The molecule has 1 heterocycles. The van der Waals surface area contributed by atoms with E-state index in [0.29, 0.717) is 6.42 Å². The fourth-order valence-electron chi connectivity index (χ4n) is 3.40. The average molecular weight is 339 g/mol. The molecule has 0 aromatic heterocycles. The SMILES string of the molecule is COc1ccc2ccccc2c1[C@@H](CCF)N1CCNCC1.Cl. The van der Waals surface area contributed by atoms with Crippen LogP contribution in [0.5, 0.6) is 5.75 Å². The Bertz CT molecular complexity index is 631. The van der Waals surface area contributed by atoms with Crippen LogP contribution < -0.4 is 10.1 Å². The summed E-state index contributed by atoms with van der Waals surface area (Å²) in [6.07, 6.45) is 0.504. The molecule has 3 nitrogen and oxygen atoms in total. The van der Waals surface area contributed by atoms with Crippen LogP contribution in [0.1, 0.15) is 18.0 Å². The second-order valence-electron chi connectivity index (χ2n) is 5.68. The zero-order valence-electron chi connectivity index (χ0n) is 13.4. The van der Waals surface area contributed by atoms with Crippen LogP contribution >= 0.6 is 12.4 Å². The lowest BCUT2D eigenvalue weighted by Crippen LogP contribution is -2.45. The molecular weight excluding hydrogens is 315 g/mol. The third kappa shape index (κ3) is 3.77. The van der Waals surface area contributed by atoms with Crippen LogP contribution in [0.2, 0.25) is 0 Å². The Morgan fingerprint density at radius 2 is 1.91 bits per heavy atom. The molecule has 3 rings (SSSR count). The van der Waals surface area contributed by atoms with Crippen LogP contribution in [-0.2, 0) is 0 Å². The number of fused-ring (bicyclic) bond motifs is 1. The van der Waals surface area contributed by atoms with Crippen molar-refractivity contribution >= 4 is 23.2 Å². The zero-order valence-corrected chi connectivity index (χ0v) is 14.2. The van der Waals surface area contributed by atoms with E-state index >= 15 is 0 Å². The number of alkyl halides is 1. The van der Waals surface area contributed by atoms with Crippen molar-refractivity contribution in [2.75, 3.05) is 40.0 Å². The first-order chi connectivity index (χ1) is 10.8. The summed E-state index contributed by atoms with van der Waals surface area (Å²) < 4.78 is 18.8. The number of nitrogens with zero attached hydrogens (tertiary/aromatic N) is 1. The number of halogens is 2. The topological polar surface area (TPSA) is 24.5 Å². The highest BCUT2D eigenvalue weighted by atomic mass is 35.5. The Kier molecular flexibility index (Phi) is 6.63. The summed E-state index contributed by atoms with van der Waals surface area (Å²) in [5, 5.41) is 5.71. The molecule has 5 heteroatoms. The summed E-state index contributed by atoms with van der Waals surface area (Å²) in [7, 11) is 1.69. The molecule has 0 amide bonds.